The van der Waals surface area contributed by atoms with Crippen molar-refractivity contribution in [1.29, 1.82) is 0 Å². The molecular weight excluding hydrogens is 361 g/mol. The molecule has 122 valence electrons. The summed E-state index contributed by atoms with van der Waals surface area (Å²) >= 11 is 12.0. The largest absolute Gasteiger partial charge is 0.454 e. The third-order valence-electron chi connectivity index (χ3n) is 3.48. The number of benzene rings is 2. The van der Waals surface area contributed by atoms with Crippen LogP contribution < -0.4 is 14.2 Å². The molecule has 2 aromatic rings. The van der Waals surface area contributed by atoms with Gasteiger partial charge in [-0.2, -0.15) is 0 Å². The fraction of sp³-hybridized carbons (Fsp3) is 0.200. The molecule has 0 saturated carbocycles. The summed E-state index contributed by atoms with van der Waals surface area (Å²) in [6, 6.07) is 8.15. The van der Waals surface area contributed by atoms with Crippen molar-refractivity contribution in [2.75, 3.05) is 6.79 Å². The molecule has 0 bridgehead atoms. The van der Waals surface area contributed by atoms with Crippen molar-refractivity contribution in [1.82, 2.24) is 4.72 Å². The Hall–Kier alpha value is -1.47. The van der Waals surface area contributed by atoms with Crippen LogP contribution in [0, 0.1) is 6.92 Å². The zero-order valence-corrected chi connectivity index (χ0v) is 14.4. The molecule has 2 aromatic carbocycles. The van der Waals surface area contributed by atoms with E-state index in [0.29, 0.717) is 22.1 Å². The molecule has 5 nitrogen and oxygen atoms in total. The average molecular weight is 374 g/mol. The molecular formula is C15H13Cl2NO4S. The summed E-state index contributed by atoms with van der Waals surface area (Å²) in [5.41, 5.74) is 1.28. The minimum absolute atomic E-state index is 0.00168. The third-order valence-corrected chi connectivity index (χ3v) is 5.93. The standard InChI is InChI=1S/C15H13Cl2NO4S/c1-9-11(16)3-5-14(15(9)17)23(19,20)18-7-10-2-4-12-13(6-10)22-8-21-12/h2-6,18H,7-8H2,1H3. The quantitative estimate of drug-likeness (QED) is 0.890. The Morgan fingerprint density at radius 3 is 2.65 bits per heavy atom. The Morgan fingerprint density at radius 2 is 1.87 bits per heavy atom. The van der Waals surface area contributed by atoms with E-state index in [9.17, 15) is 8.42 Å². The van der Waals surface area contributed by atoms with Crippen LogP contribution in [0.5, 0.6) is 11.5 Å². The van der Waals surface area contributed by atoms with Crippen LogP contribution in [0.15, 0.2) is 35.2 Å². The van der Waals surface area contributed by atoms with Crippen molar-refractivity contribution in [2.45, 2.75) is 18.4 Å². The second-order valence-electron chi connectivity index (χ2n) is 5.00. The summed E-state index contributed by atoms with van der Waals surface area (Å²) in [6.07, 6.45) is 0. The SMILES string of the molecule is Cc1c(Cl)ccc(S(=O)(=O)NCc2ccc3c(c2)OCO3)c1Cl. The fourth-order valence-electron chi connectivity index (χ4n) is 2.15. The highest BCUT2D eigenvalue weighted by molar-refractivity contribution is 7.89. The molecule has 8 heteroatoms. The van der Waals surface area contributed by atoms with Gasteiger partial charge in [-0.25, -0.2) is 13.1 Å². The van der Waals surface area contributed by atoms with Crippen molar-refractivity contribution in [3.63, 3.8) is 0 Å². The number of rotatable bonds is 4. The third kappa shape index (κ3) is 3.26. The summed E-state index contributed by atoms with van der Waals surface area (Å²) < 4.78 is 37.9. The number of hydrogen-bond acceptors (Lipinski definition) is 4. The highest BCUT2D eigenvalue weighted by Crippen LogP contribution is 2.33. The lowest BCUT2D eigenvalue weighted by Gasteiger charge is -2.11. The summed E-state index contributed by atoms with van der Waals surface area (Å²) in [4.78, 5) is 0.00168. The summed E-state index contributed by atoms with van der Waals surface area (Å²) in [5.74, 6) is 1.25. The van der Waals surface area contributed by atoms with Crippen LogP contribution in [-0.2, 0) is 16.6 Å². The lowest BCUT2D eigenvalue weighted by atomic mass is 10.2. The van der Waals surface area contributed by atoms with Gasteiger partial charge < -0.3 is 9.47 Å². The van der Waals surface area contributed by atoms with Gasteiger partial charge in [0.1, 0.15) is 4.90 Å². The smallest absolute Gasteiger partial charge is 0.242 e. The van der Waals surface area contributed by atoms with Crippen LogP contribution >= 0.6 is 23.2 Å². The van der Waals surface area contributed by atoms with Gasteiger partial charge in [0.05, 0.1) is 5.02 Å². The van der Waals surface area contributed by atoms with Gasteiger partial charge in [0, 0.05) is 11.6 Å². The second kappa shape index (κ2) is 6.20. The van der Waals surface area contributed by atoms with Gasteiger partial charge in [-0.1, -0.05) is 29.3 Å². The number of hydrogen-bond donors (Lipinski definition) is 1. The molecule has 23 heavy (non-hydrogen) atoms. The highest BCUT2D eigenvalue weighted by Gasteiger charge is 2.20. The number of fused-ring (bicyclic) bond motifs is 1. The molecule has 0 unspecified atom stereocenters. The molecule has 0 aromatic heterocycles. The van der Waals surface area contributed by atoms with Crippen molar-refractivity contribution in [3.8, 4) is 11.5 Å². The normalized spacial score (nSPS) is 13.3. The molecule has 0 atom stereocenters. The van der Waals surface area contributed by atoms with E-state index in [4.69, 9.17) is 32.7 Å². The minimum atomic E-state index is -3.76. The van der Waals surface area contributed by atoms with E-state index in [-0.39, 0.29) is 23.3 Å². The minimum Gasteiger partial charge on any atom is -0.454 e. The number of ether oxygens (including phenoxy) is 2. The zero-order valence-electron chi connectivity index (χ0n) is 12.1. The predicted molar refractivity (Wildman–Crippen MR) is 87.8 cm³/mol. The van der Waals surface area contributed by atoms with Gasteiger partial charge in [-0.15, -0.1) is 0 Å². The van der Waals surface area contributed by atoms with Crippen molar-refractivity contribution >= 4 is 33.2 Å². The van der Waals surface area contributed by atoms with Crippen molar-refractivity contribution in [2.24, 2.45) is 0 Å². The van der Waals surface area contributed by atoms with Gasteiger partial charge in [-0.05, 0) is 42.3 Å². The van der Waals surface area contributed by atoms with Gasteiger partial charge in [0.25, 0.3) is 0 Å². The van der Waals surface area contributed by atoms with Crippen LogP contribution in [0.3, 0.4) is 0 Å². The maximum atomic E-state index is 12.4. The maximum absolute atomic E-state index is 12.4. The molecule has 1 aliphatic heterocycles. The molecule has 0 aliphatic carbocycles. The monoisotopic (exact) mass is 373 g/mol. The molecule has 0 fully saturated rings. The van der Waals surface area contributed by atoms with E-state index < -0.39 is 10.0 Å². The first-order chi connectivity index (χ1) is 10.9. The second-order valence-corrected chi connectivity index (χ2v) is 7.52. The molecule has 1 aliphatic rings. The highest BCUT2D eigenvalue weighted by atomic mass is 35.5. The Morgan fingerprint density at radius 1 is 1.13 bits per heavy atom. The van der Waals surface area contributed by atoms with Crippen LogP contribution in [0.2, 0.25) is 10.0 Å². The Balaban J connectivity index is 1.81. The first-order valence-electron chi connectivity index (χ1n) is 6.71. The van der Waals surface area contributed by atoms with Crippen molar-refractivity contribution in [3.05, 3.63) is 51.5 Å². The van der Waals surface area contributed by atoms with Crippen LogP contribution in [0.25, 0.3) is 0 Å². The molecule has 1 heterocycles. The number of nitrogens with one attached hydrogen (secondary N) is 1. The molecule has 0 saturated heterocycles. The summed E-state index contributed by atoms with van der Waals surface area (Å²) in [7, 11) is -3.76. The van der Waals surface area contributed by atoms with E-state index in [1.54, 1.807) is 25.1 Å². The van der Waals surface area contributed by atoms with Crippen molar-refractivity contribution < 1.29 is 17.9 Å². The lowest BCUT2D eigenvalue weighted by Crippen LogP contribution is -2.23. The zero-order chi connectivity index (χ0) is 16.6. The Labute approximate surface area is 144 Å². The average Bonchev–Trinajstić information content (AvgIpc) is 2.98. The Kier molecular flexibility index (Phi) is 4.42. The molecule has 3 rings (SSSR count). The van der Waals surface area contributed by atoms with E-state index in [1.165, 1.54) is 12.1 Å². The maximum Gasteiger partial charge on any atom is 0.242 e. The molecule has 0 radical (unpaired) electrons. The first kappa shape index (κ1) is 16.4. The summed E-state index contributed by atoms with van der Waals surface area (Å²) in [5, 5.41) is 0.542. The van der Waals surface area contributed by atoms with Gasteiger partial charge in [0.15, 0.2) is 11.5 Å². The van der Waals surface area contributed by atoms with Gasteiger partial charge in [-0.3, -0.25) is 0 Å². The molecule has 0 amide bonds. The van der Waals surface area contributed by atoms with E-state index in [0.717, 1.165) is 5.56 Å². The topological polar surface area (TPSA) is 64.6 Å². The number of halogens is 2. The summed E-state index contributed by atoms with van der Waals surface area (Å²) in [6.45, 7) is 1.95. The van der Waals surface area contributed by atoms with E-state index in [2.05, 4.69) is 4.72 Å². The van der Waals surface area contributed by atoms with E-state index >= 15 is 0 Å². The van der Waals surface area contributed by atoms with Gasteiger partial charge >= 0.3 is 0 Å². The molecule has 0 spiro atoms. The molecule has 1 N–H and O–H groups in total. The fourth-order valence-corrected chi connectivity index (χ4v) is 3.97. The lowest BCUT2D eigenvalue weighted by molar-refractivity contribution is 0.174. The van der Waals surface area contributed by atoms with Gasteiger partial charge in [0.2, 0.25) is 16.8 Å². The first-order valence-corrected chi connectivity index (χ1v) is 8.95. The number of sulfonamides is 1. The Bertz CT molecular complexity index is 868. The van der Waals surface area contributed by atoms with Crippen LogP contribution in [0.4, 0.5) is 0 Å². The van der Waals surface area contributed by atoms with E-state index in [1.807, 2.05) is 0 Å². The van der Waals surface area contributed by atoms with Crippen LogP contribution in [0.1, 0.15) is 11.1 Å². The van der Waals surface area contributed by atoms with Crippen LogP contribution in [-0.4, -0.2) is 15.2 Å². The predicted octanol–water partition coefficient (Wildman–Crippen LogP) is 3.51.